The summed E-state index contributed by atoms with van der Waals surface area (Å²) >= 11 is 1.42. The minimum Gasteiger partial charge on any atom is -0.369 e. The third kappa shape index (κ3) is 4.50. The Hall–Kier alpha value is -1.98. The van der Waals surface area contributed by atoms with Crippen LogP contribution in [0.1, 0.15) is 15.9 Å². The molecule has 23 heavy (non-hydrogen) atoms. The molecule has 120 valence electrons. The molecule has 1 heterocycles. The lowest BCUT2D eigenvalue weighted by molar-refractivity contribution is 0.0984. The van der Waals surface area contributed by atoms with Crippen LogP contribution in [0.2, 0.25) is 0 Å². The predicted octanol–water partition coefficient (Wildman–Crippen LogP) is 2.67. The standard InChI is InChI=1S/C18H21N3OS/c22-18(20-23-14-15-4-2-1-3-5-15)16-6-8-17(9-7-16)21-12-10-19-11-13-21/h1-9,19H,10-14H2,(H,20,22). The Morgan fingerprint density at radius 1 is 1.04 bits per heavy atom. The van der Waals surface area contributed by atoms with Gasteiger partial charge in [0.25, 0.3) is 5.91 Å². The molecule has 2 N–H and O–H groups in total. The monoisotopic (exact) mass is 327 g/mol. The van der Waals surface area contributed by atoms with E-state index in [1.165, 1.54) is 23.2 Å². The van der Waals surface area contributed by atoms with Crippen LogP contribution in [0.3, 0.4) is 0 Å². The highest BCUT2D eigenvalue weighted by atomic mass is 32.2. The number of hydrogen-bond acceptors (Lipinski definition) is 4. The largest absolute Gasteiger partial charge is 0.369 e. The van der Waals surface area contributed by atoms with Gasteiger partial charge in [-0.25, -0.2) is 0 Å². The average Bonchev–Trinajstić information content (AvgIpc) is 2.63. The van der Waals surface area contributed by atoms with Crippen molar-refractivity contribution < 1.29 is 4.79 Å². The molecule has 1 amide bonds. The maximum absolute atomic E-state index is 12.2. The molecule has 0 saturated carbocycles. The lowest BCUT2D eigenvalue weighted by atomic mass is 10.2. The first-order valence-corrected chi connectivity index (χ1v) is 8.83. The summed E-state index contributed by atoms with van der Waals surface area (Å²) in [5.41, 5.74) is 3.08. The van der Waals surface area contributed by atoms with Crippen molar-refractivity contribution in [3.8, 4) is 0 Å². The molecular weight excluding hydrogens is 306 g/mol. The summed E-state index contributed by atoms with van der Waals surface area (Å²) in [6, 6.07) is 18.0. The number of rotatable bonds is 5. The summed E-state index contributed by atoms with van der Waals surface area (Å²) in [6.45, 7) is 4.05. The van der Waals surface area contributed by atoms with E-state index in [4.69, 9.17) is 0 Å². The highest BCUT2D eigenvalue weighted by molar-refractivity contribution is 7.97. The minimum absolute atomic E-state index is 0.0437. The number of nitrogens with zero attached hydrogens (tertiary/aromatic N) is 1. The summed E-state index contributed by atoms with van der Waals surface area (Å²) in [6.07, 6.45) is 0. The molecule has 0 bridgehead atoms. The second kappa shape index (κ2) is 8.04. The Balaban J connectivity index is 1.51. The Morgan fingerprint density at radius 2 is 1.74 bits per heavy atom. The van der Waals surface area contributed by atoms with Crippen LogP contribution >= 0.6 is 11.9 Å². The van der Waals surface area contributed by atoms with Crippen molar-refractivity contribution in [2.45, 2.75) is 5.75 Å². The third-order valence-corrected chi connectivity index (χ3v) is 4.67. The number of amides is 1. The maximum Gasteiger partial charge on any atom is 0.261 e. The lowest BCUT2D eigenvalue weighted by Gasteiger charge is -2.29. The predicted molar refractivity (Wildman–Crippen MR) is 96.7 cm³/mol. The Kier molecular flexibility index (Phi) is 5.56. The molecule has 0 radical (unpaired) electrons. The van der Waals surface area contributed by atoms with Crippen molar-refractivity contribution in [1.29, 1.82) is 0 Å². The smallest absolute Gasteiger partial charge is 0.261 e. The van der Waals surface area contributed by atoms with Crippen molar-refractivity contribution in [2.75, 3.05) is 31.1 Å². The van der Waals surface area contributed by atoms with E-state index in [2.05, 4.69) is 27.1 Å². The van der Waals surface area contributed by atoms with Gasteiger partial charge in [0, 0.05) is 43.2 Å². The van der Waals surface area contributed by atoms with Crippen molar-refractivity contribution in [1.82, 2.24) is 10.0 Å². The number of nitrogens with one attached hydrogen (secondary N) is 2. The number of carbonyl (C=O) groups excluding carboxylic acids is 1. The third-order valence-electron chi connectivity index (χ3n) is 3.86. The van der Waals surface area contributed by atoms with Crippen molar-refractivity contribution >= 4 is 23.5 Å². The zero-order chi connectivity index (χ0) is 15.9. The van der Waals surface area contributed by atoms with Gasteiger partial charge in [-0.05, 0) is 41.8 Å². The number of anilines is 1. The van der Waals surface area contributed by atoms with Crippen LogP contribution in [-0.4, -0.2) is 32.1 Å². The van der Waals surface area contributed by atoms with Crippen LogP contribution in [0.5, 0.6) is 0 Å². The zero-order valence-electron chi connectivity index (χ0n) is 13.0. The molecule has 4 nitrogen and oxygen atoms in total. The highest BCUT2D eigenvalue weighted by Crippen LogP contribution is 2.16. The highest BCUT2D eigenvalue weighted by Gasteiger charge is 2.11. The van der Waals surface area contributed by atoms with Gasteiger partial charge < -0.3 is 10.2 Å². The van der Waals surface area contributed by atoms with Crippen molar-refractivity contribution in [3.63, 3.8) is 0 Å². The van der Waals surface area contributed by atoms with Crippen LogP contribution in [0.25, 0.3) is 0 Å². The first kappa shape index (κ1) is 15.9. The number of carbonyl (C=O) groups is 1. The van der Waals surface area contributed by atoms with Gasteiger partial charge >= 0.3 is 0 Å². The molecule has 0 unspecified atom stereocenters. The van der Waals surface area contributed by atoms with Gasteiger partial charge in [-0.15, -0.1) is 0 Å². The van der Waals surface area contributed by atoms with Crippen LogP contribution in [0, 0.1) is 0 Å². The first-order valence-electron chi connectivity index (χ1n) is 7.85. The molecule has 1 aliphatic rings. The van der Waals surface area contributed by atoms with E-state index in [0.29, 0.717) is 5.56 Å². The molecule has 1 saturated heterocycles. The quantitative estimate of drug-likeness (QED) is 0.829. The molecule has 0 aliphatic carbocycles. The number of benzene rings is 2. The molecular formula is C18H21N3OS. The molecule has 2 aromatic carbocycles. The molecule has 0 spiro atoms. The fourth-order valence-electron chi connectivity index (χ4n) is 2.56. The number of hydrogen-bond donors (Lipinski definition) is 2. The molecule has 0 atom stereocenters. The summed E-state index contributed by atoms with van der Waals surface area (Å²) < 4.78 is 2.90. The molecule has 2 aromatic rings. The Labute approximate surface area is 141 Å². The van der Waals surface area contributed by atoms with E-state index >= 15 is 0 Å². The molecule has 1 aliphatic heterocycles. The van der Waals surface area contributed by atoms with E-state index in [-0.39, 0.29) is 5.91 Å². The molecule has 5 heteroatoms. The van der Waals surface area contributed by atoms with Gasteiger partial charge in [0.05, 0.1) is 0 Å². The molecule has 3 rings (SSSR count). The van der Waals surface area contributed by atoms with Gasteiger partial charge in [-0.1, -0.05) is 30.3 Å². The average molecular weight is 327 g/mol. The summed E-state index contributed by atoms with van der Waals surface area (Å²) in [5.74, 6) is 0.726. The molecule has 1 fully saturated rings. The second-order valence-corrected chi connectivity index (χ2v) is 6.27. The van der Waals surface area contributed by atoms with Crippen molar-refractivity contribution in [3.05, 3.63) is 65.7 Å². The van der Waals surface area contributed by atoms with Gasteiger partial charge in [0.1, 0.15) is 0 Å². The maximum atomic E-state index is 12.2. The summed E-state index contributed by atoms with van der Waals surface area (Å²) in [5, 5.41) is 3.34. The van der Waals surface area contributed by atoms with Gasteiger partial charge in [0.15, 0.2) is 0 Å². The van der Waals surface area contributed by atoms with E-state index in [9.17, 15) is 4.79 Å². The summed E-state index contributed by atoms with van der Waals surface area (Å²) in [4.78, 5) is 14.5. The first-order chi connectivity index (χ1) is 11.3. The Bertz CT molecular complexity index is 624. The Morgan fingerprint density at radius 3 is 2.43 bits per heavy atom. The number of piperazine rings is 1. The normalized spacial score (nSPS) is 14.5. The zero-order valence-corrected chi connectivity index (χ0v) is 13.8. The topological polar surface area (TPSA) is 44.4 Å². The van der Waals surface area contributed by atoms with Gasteiger partial charge in [0.2, 0.25) is 0 Å². The minimum atomic E-state index is -0.0437. The van der Waals surface area contributed by atoms with Crippen LogP contribution < -0.4 is 14.9 Å². The fourth-order valence-corrected chi connectivity index (χ4v) is 3.25. The summed E-state index contributed by atoms with van der Waals surface area (Å²) in [7, 11) is 0. The van der Waals surface area contributed by atoms with Gasteiger partial charge in [-0.2, -0.15) is 0 Å². The second-order valence-electron chi connectivity index (χ2n) is 5.49. The van der Waals surface area contributed by atoms with E-state index in [1.54, 1.807) is 0 Å². The van der Waals surface area contributed by atoms with Gasteiger partial charge in [-0.3, -0.25) is 9.52 Å². The van der Waals surface area contributed by atoms with E-state index in [1.807, 2.05) is 42.5 Å². The SMILES string of the molecule is O=C(NSCc1ccccc1)c1ccc(N2CCNCC2)cc1. The van der Waals surface area contributed by atoms with Crippen LogP contribution in [-0.2, 0) is 5.75 Å². The van der Waals surface area contributed by atoms with Crippen molar-refractivity contribution in [2.24, 2.45) is 0 Å². The lowest BCUT2D eigenvalue weighted by Crippen LogP contribution is -2.43. The van der Waals surface area contributed by atoms with Crippen LogP contribution in [0.15, 0.2) is 54.6 Å². The van der Waals surface area contributed by atoms with E-state index < -0.39 is 0 Å². The van der Waals surface area contributed by atoms with Crippen LogP contribution in [0.4, 0.5) is 5.69 Å². The fraction of sp³-hybridized carbons (Fsp3) is 0.278. The van der Waals surface area contributed by atoms with E-state index in [0.717, 1.165) is 31.9 Å². The molecule has 0 aromatic heterocycles.